The van der Waals surface area contributed by atoms with Crippen LogP contribution in [0.15, 0.2) is 52.8 Å². The van der Waals surface area contributed by atoms with Gasteiger partial charge < -0.3 is 10.1 Å². The number of amidine groups is 1. The van der Waals surface area contributed by atoms with Gasteiger partial charge in [-0.15, -0.1) is 0 Å². The average molecular weight is 408 g/mol. The van der Waals surface area contributed by atoms with Gasteiger partial charge in [0.25, 0.3) is 0 Å². The van der Waals surface area contributed by atoms with Crippen molar-refractivity contribution in [2.75, 3.05) is 7.11 Å². The van der Waals surface area contributed by atoms with Gasteiger partial charge in [0.2, 0.25) is 0 Å². The Morgan fingerprint density at radius 2 is 2.07 bits per heavy atom. The first kappa shape index (κ1) is 19.3. The lowest BCUT2D eigenvalue weighted by atomic mass is 9.96. The summed E-state index contributed by atoms with van der Waals surface area (Å²) in [5.74, 6) is -0.495. The standard InChI is InChI=1S/C19H16Cl2FN3O2/c1-10-16(19(26)27-2)15(8-11-5-6-12(22)9-14(11)21)25-18(24-10)17-13(20)4-3-7-23-17/h3-7,9,15H,8H2,1-2H3,(H,24,25). The number of carbonyl (C=O) groups is 1. The number of aliphatic imine (C=N–C) groups is 1. The first-order chi connectivity index (χ1) is 12.9. The van der Waals surface area contributed by atoms with E-state index in [9.17, 15) is 9.18 Å². The second kappa shape index (κ2) is 8.06. The highest BCUT2D eigenvalue weighted by atomic mass is 35.5. The Kier molecular flexibility index (Phi) is 5.77. The van der Waals surface area contributed by atoms with Crippen LogP contribution in [0.5, 0.6) is 0 Å². The maximum atomic E-state index is 13.3. The van der Waals surface area contributed by atoms with Gasteiger partial charge in [-0.3, -0.25) is 9.98 Å². The number of rotatable bonds is 4. The molecule has 3 rings (SSSR count). The van der Waals surface area contributed by atoms with Crippen molar-refractivity contribution in [3.05, 3.63) is 74.9 Å². The monoisotopic (exact) mass is 407 g/mol. The molecule has 8 heteroatoms. The van der Waals surface area contributed by atoms with Gasteiger partial charge in [0.1, 0.15) is 11.5 Å². The summed E-state index contributed by atoms with van der Waals surface area (Å²) in [4.78, 5) is 21.2. The molecular formula is C19H16Cl2FN3O2. The molecule has 27 heavy (non-hydrogen) atoms. The van der Waals surface area contributed by atoms with Crippen LogP contribution in [0, 0.1) is 5.82 Å². The number of methoxy groups -OCH3 is 1. The molecule has 5 nitrogen and oxygen atoms in total. The van der Waals surface area contributed by atoms with E-state index in [-0.39, 0.29) is 11.4 Å². The summed E-state index contributed by atoms with van der Waals surface area (Å²) in [6.07, 6.45) is 1.89. The van der Waals surface area contributed by atoms with Crippen molar-refractivity contribution < 1.29 is 13.9 Å². The Morgan fingerprint density at radius 1 is 1.30 bits per heavy atom. The Morgan fingerprint density at radius 3 is 2.74 bits per heavy atom. The third-order valence-corrected chi connectivity index (χ3v) is 4.80. The molecule has 0 fully saturated rings. The van der Waals surface area contributed by atoms with Crippen LogP contribution >= 0.6 is 23.2 Å². The number of carbonyl (C=O) groups excluding carboxylic acids is 1. The fraction of sp³-hybridized carbons (Fsp3) is 0.211. The largest absolute Gasteiger partial charge is 0.466 e. The molecule has 1 aliphatic rings. The van der Waals surface area contributed by atoms with Gasteiger partial charge in [-0.25, -0.2) is 9.18 Å². The molecule has 0 saturated carbocycles. The van der Waals surface area contributed by atoms with Crippen LogP contribution in [0.25, 0.3) is 0 Å². The maximum absolute atomic E-state index is 13.3. The fourth-order valence-corrected chi connectivity index (χ4v) is 3.33. The summed E-state index contributed by atoms with van der Waals surface area (Å²) in [5.41, 5.74) is 2.08. The van der Waals surface area contributed by atoms with Crippen LogP contribution in [-0.4, -0.2) is 29.9 Å². The minimum Gasteiger partial charge on any atom is -0.466 e. The number of esters is 1. The van der Waals surface area contributed by atoms with E-state index in [1.807, 2.05) is 0 Å². The van der Waals surface area contributed by atoms with Crippen LogP contribution in [0.3, 0.4) is 0 Å². The molecule has 1 aliphatic heterocycles. The minimum atomic E-state index is -0.588. The van der Waals surface area contributed by atoms with Crippen molar-refractivity contribution in [2.24, 2.45) is 4.99 Å². The van der Waals surface area contributed by atoms with Gasteiger partial charge >= 0.3 is 5.97 Å². The van der Waals surface area contributed by atoms with Crippen molar-refractivity contribution >= 4 is 35.0 Å². The van der Waals surface area contributed by atoms with Crippen molar-refractivity contribution in [3.63, 3.8) is 0 Å². The first-order valence-electron chi connectivity index (χ1n) is 8.09. The topological polar surface area (TPSA) is 63.6 Å². The second-order valence-corrected chi connectivity index (χ2v) is 6.74. The molecule has 1 atom stereocenters. The van der Waals surface area contributed by atoms with Gasteiger partial charge in [-0.2, -0.15) is 0 Å². The number of benzene rings is 1. The number of nitrogens with one attached hydrogen (secondary N) is 1. The van der Waals surface area contributed by atoms with Crippen molar-refractivity contribution in [1.82, 2.24) is 10.3 Å². The van der Waals surface area contributed by atoms with Crippen LogP contribution in [0.1, 0.15) is 18.2 Å². The number of ether oxygens (including phenoxy) is 1. The molecule has 0 amide bonds. The Labute approximate surface area is 165 Å². The maximum Gasteiger partial charge on any atom is 0.337 e. The molecule has 0 aliphatic carbocycles. The molecule has 0 radical (unpaired) electrons. The predicted octanol–water partition coefficient (Wildman–Crippen LogP) is 3.94. The predicted molar refractivity (Wildman–Crippen MR) is 103 cm³/mol. The SMILES string of the molecule is COC(=O)C1=C(C)NC(c2ncccc2Cl)=NC1Cc1ccc(F)cc1Cl. The normalized spacial score (nSPS) is 16.6. The zero-order valence-electron chi connectivity index (χ0n) is 14.6. The van der Waals surface area contributed by atoms with Gasteiger partial charge in [-0.1, -0.05) is 29.3 Å². The smallest absolute Gasteiger partial charge is 0.337 e. The molecule has 1 N–H and O–H groups in total. The highest BCUT2D eigenvalue weighted by Gasteiger charge is 2.30. The molecule has 0 spiro atoms. The third kappa shape index (κ3) is 4.12. The summed E-state index contributed by atoms with van der Waals surface area (Å²) in [6.45, 7) is 1.75. The summed E-state index contributed by atoms with van der Waals surface area (Å²) >= 11 is 12.4. The molecule has 140 valence electrons. The molecule has 2 heterocycles. The van der Waals surface area contributed by atoms with E-state index in [4.69, 9.17) is 27.9 Å². The number of hydrogen-bond donors (Lipinski definition) is 1. The van der Waals surface area contributed by atoms with Gasteiger partial charge in [0.05, 0.1) is 23.7 Å². The summed E-state index contributed by atoms with van der Waals surface area (Å²) in [7, 11) is 1.30. The average Bonchev–Trinajstić information content (AvgIpc) is 2.63. The van der Waals surface area contributed by atoms with E-state index in [1.54, 1.807) is 31.3 Å². The van der Waals surface area contributed by atoms with E-state index in [1.165, 1.54) is 19.2 Å². The number of nitrogens with zero attached hydrogens (tertiary/aromatic N) is 2. The van der Waals surface area contributed by atoms with Crippen molar-refractivity contribution in [1.29, 1.82) is 0 Å². The number of halogens is 3. The molecule has 2 aromatic rings. The van der Waals surface area contributed by atoms with E-state index in [0.717, 1.165) is 0 Å². The molecule has 1 unspecified atom stereocenters. The number of pyridine rings is 1. The lowest BCUT2D eigenvalue weighted by molar-refractivity contribution is -0.136. The van der Waals surface area contributed by atoms with Crippen LogP contribution in [0.4, 0.5) is 4.39 Å². The zero-order valence-corrected chi connectivity index (χ0v) is 16.1. The molecular weight excluding hydrogens is 392 g/mol. The highest BCUT2D eigenvalue weighted by molar-refractivity contribution is 6.34. The first-order valence-corrected chi connectivity index (χ1v) is 8.85. The summed E-state index contributed by atoms with van der Waals surface area (Å²) in [6, 6.07) is 6.95. The molecule has 0 saturated heterocycles. The number of allylic oxidation sites excluding steroid dienone is 1. The van der Waals surface area contributed by atoms with E-state index >= 15 is 0 Å². The number of aromatic nitrogens is 1. The summed E-state index contributed by atoms with van der Waals surface area (Å²) < 4.78 is 18.2. The van der Waals surface area contributed by atoms with Crippen molar-refractivity contribution in [2.45, 2.75) is 19.4 Å². The van der Waals surface area contributed by atoms with Gasteiger partial charge in [0.15, 0.2) is 5.84 Å². The molecule has 1 aromatic heterocycles. The zero-order chi connectivity index (χ0) is 19.6. The Hall–Kier alpha value is -2.44. The highest BCUT2D eigenvalue weighted by Crippen LogP contribution is 2.27. The minimum absolute atomic E-state index is 0.267. The second-order valence-electron chi connectivity index (χ2n) is 5.92. The lowest BCUT2D eigenvalue weighted by Gasteiger charge is -2.26. The van der Waals surface area contributed by atoms with E-state index in [2.05, 4.69) is 15.3 Å². The Balaban J connectivity index is 2.04. The van der Waals surface area contributed by atoms with Crippen LogP contribution in [-0.2, 0) is 16.0 Å². The van der Waals surface area contributed by atoms with Crippen molar-refractivity contribution in [3.8, 4) is 0 Å². The van der Waals surface area contributed by atoms with E-state index in [0.29, 0.717) is 33.4 Å². The Bertz CT molecular complexity index is 960. The van der Waals surface area contributed by atoms with Crippen LogP contribution in [0.2, 0.25) is 10.0 Å². The molecule has 1 aromatic carbocycles. The third-order valence-electron chi connectivity index (χ3n) is 4.14. The molecule has 0 bridgehead atoms. The lowest BCUT2D eigenvalue weighted by Crippen LogP contribution is -2.37. The quantitative estimate of drug-likeness (QED) is 0.779. The van der Waals surface area contributed by atoms with E-state index < -0.39 is 17.8 Å². The fourth-order valence-electron chi connectivity index (χ4n) is 2.87. The van der Waals surface area contributed by atoms with Crippen LogP contribution < -0.4 is 5.32 Å². The van der Waals surface area contributed by atoms with Gasteiger partial charge in [-0.05, 0) is 36.8 Å². The van der Waals surface area contributed by atoms with Gasteiger partial charge in [0, 0.05) is 23.3 Å². The summed E-state index contributed by atoms with van der Waals surface area (Å²) in [5, 5.41) is 3.76. The number of hydrogen-bond acceptors (Lipinski definition) is 5.